The molecule has 6 heteroatoms. The zero-order valence-electron chi connectivity index (χ0n) is 7.47. The van der Waals surface area contributed by atoms with Gasteiger partial charge in [-0.2, -0.15) is 4.37 Å². The van der Waals surface area contributed by atoms with Crippen LogP contribution in [-0.4, -0.2) is 22.4 Å². The van der Waals surface area contributed by atoms with E-state index in [0.717, 1.165) is 15.9 Å². The van der Waals surface area contributed by atoms with E-state index < -0.39 is 0 Å². The first-order valence-electron chi connectivity index (χ1n) is 3.89. The Kier molecular flexibility index (Phi) is 3.18. The molecule has 2 aromatic heterocycles. The Morgan fingerprint density at radius 3 is 3.29 bits per heavy atom. The number of rotatable bonds is 4. The molecule has 0 spiro atoms. The standard InChI is InChI=1S/C8H8N2O2S2/c1-11-5-13-8-9-7(14-10-8)6-3-2-4-12-6/h2-4H,5H2,1H3. The number of hydrogen-bond acceptors (Lipinski definition) is 6. The van der Waals surface area contributed by atoms with Gasteiger partial charge in [0, 0.05) is 7.11 Å². The van der Waals surface area contributed by atoms with Crippen molar-refractivity contribution in [1.82, 2.24) is 9.36 Å². The zero-order chi connectivity index (χ0) is 9.80. The Labute approximate surface area is 89.5 Å². The van der Waals surface area contributed by atoms with Crippen LogP contribution in [0.25, 0.3) is 10.8 Å². The third-order valence-corrected chi connectivity index (χ3v) is 3.08. The second-order valence-corrected chi connectivity index (χ2v) is 4.05. The van der Waals surface area contributed by atoms with Gasteiger partial charge in [-0.15, -0.1) is 0 Å². The maximum absolute atomic E-state index is 5.20. The molecule has 0 atom stereocenters. The summed E-state index contributed by atoms with van der Waals surface area (Å²) in [7, 11) is 1.65. The highest BCUT2D eigenvalue weighted by Gasteiger charge is 2.08. The third kappa shape index (κ3) is 2.14. The van der Waals surface area contributed by atoms with E-state index in [0.29, 0.717) is 5.94 Å². The van der Waals surface area contributed by atoms with Crippen LogP contribution in [-0.2, 0) is 4.74 Å². The van der Waals surface area contributed by atoms with Gasteiger partial charge in [0.15, 0.2) is 10.8 Å². The molecule has 0 saturated carbocycles. The van der Waals surface area contributed by atoms with Crippen LogP contribution in [0.15, 0.2) is 28.0 Å². The lowest BCUT2D eigenvalue weighted by Gasteiger charge is -1.91. The lowest BCUT2D eigenvalue weighted by Crippen LogP contribution is -1.82. The van der Waals surface area contributed by atoms with E-state index in [9.17, 15) is 0 Å². The predicted molar refractivity (Wildman–Crippen MR) is 55.3 cm³/mol. The van der Waals surface area contributed by atoms with Gasteiger partial charge >= 0.3 is 0 Å². The van der Waals surface area contributed by atoms with Crippen molar-refractivity contribution in [1.29, 1.82) is 0 Å². The summed E-state index contributed by atoms with van der Waals surface area (Å²) >= 11 is 2.79. The van der Waals surface area contributed by atoms with Gasteiger partial charge in [0.25, 0.3) is 0 Å². The summed E-state index contributed by atoms with van der Waals surface area (Å²) in [6, 6.07) is 3.70. The summed E-state index contributed by atoms with van der Waals surface area (Å²) in [5.74, 6) is 1.32. The number of nitrogens with zero attached hydrogens (tertiary/aromatic N) is 2. The van der Waals surface area contributed by atoms with E-state index in [2.05, 4.69) is 9.36 Å². The maximum Gasteiger partial charge on any atom is 0.203 e. The molecule has 0 aliphatic heterocycles. The van der Waals surface area contributed by atoms with Crippen molar-refractivity contribution in [2.24, 2.45) is 0 Å². The molecule has 0 radical (unpaired) electrons. The number of methoxy groups -OCH3 is 1. The summed E-state index contributed by atoms with van der Waals surface area (Å²) in [5, 5.41) is 1.52. The normalized spacial score (nSPS) is 10.6. The first-order chi connectivity index (χ1) is 6.90. The molecule has 4 nitrogen and oxygen atoms in total. The van der Waals surface area contributed by atoms with E-state index in [-0.39, 0.29) is 0 Å². The SMILES string of the molecule is COCSc1nsc(-c2ccco2)n1. The first kappa shape index (κ1) is 9.70. The fourth-order valence-corrected chi connectivity index (χ4v) is 2.18. The van der Waals surface area contributed by atoms with Crippen LogP contribution in [0.5, 0.6) is 0 Å². The van der Waals surface area contributed by atoms with Crippen LogP contribution in [0, 0.1) is 0 Å². The number of ether oxygens (including phenoxy) is 1. The van der Waals surface area contributed by atoms with Crippen LogP contribution in [0.1, 0.15) is 0 Å². The van der Waals surface area contributed by atoms with Crippen molar-refractivity contribution in [2.75, 3.05) is 13.0 Å². The summed E-state index contributed by atoms with van der Waals surface area (Å²) < 4.78 is 14.3. The molecule has 74 valence electrons. The first-order valence-corrected chi connectivity index (χ1v) is 5.65. The minimum absolute atomic E-state index is 0.564. The van der Waals surface area contributed by atoms with E-state index in [4.69, 9.17) is 9.15 Å². The van der Waals surface area contributed by atoms with Crippen molar-refractivity contribution in [3.8, 4) is 10.8 Å². The molecule has 2 aromatic rings. The van der Waals surface area contributed by atoms with Gasteiger partial charge in [0.2, 0.25) is 5.16 Å². The maximum atomic E-state index is 5.20. The van der Waals surface area contributed by atoms with Crippen LogP contribution in [0.4, 0.5) is 0 Å². The van der Waals surface area contributed by atoms with Gasteiger partial charge in [-0.1, -0.05) is 11.8 Å². The molecule has 0 saturated heterocycles. The molecule has 0 aliphatic carbocycles. The van der Waals surface area contributed by atoms with Gasteiger partial charge in [-0.05, 0) is 23.7 Å². The minimum Gasteiger partial charge on any atom is -0.462 e. The smallest absolute Gasteiger partial charge is 0.203 e. The van der Waals surface area contributed by atoms with Crippen LogP contribution in [0.2, 0.25) is 0 Å². The van der Waals surface area contributed by atoms with Crippen molar-refractivity contribution in [3.63, 3.8) is 0 Å². The van der Waals surface area contributed by atoms with Gasteiger partial charge < -0.3 is 9.15 Å². The molecule has 2 rings (SSSR count). The Bertz CT molecular complexity index is 386. The lowest BCUT2D eigenvalue weighted by atomic mass is 10.5. The van der Waals surface area contributed by atoms with E-state index in [1.165, 1.54) is 23.3 Å². The molecule has 14 heavy (non-hydrogen) atoms. The average molecular weight is 228 g/mol. The minimum atomic E-state index is 0.564. The fraction of sp³-hybridized carbons (Fsp3) is 0.250. The number of furan rings is 1. The summed E-state index contributed by atoms with van der Waals surface area (Å²) in [6.45, 7) is 0. The van der Waals surface area contributed by atoms with E-state index >= 15 is 0 Å². The molecule has 0 fully saturated rings. The highest BCUT2D eigenvalue weighted by atomic mass is 32.2. The molecule has 0 aromatic carbocycles. The largest absolute Gasteiger partial charge is 0.462 e. The van der Waals surface area contributed by atoms with Crippen molar-refractivity contribution >= 4 is 23.3 Å². The molecule has 0 unspecified atom stereocenters. The average Bonchev–Trinajstić information content (AvgIpc) is 2.85. The molecular weight excluding hydrogens is 220 g/mol. The van der Waals surface area contributed by atoms with Gasteiger partial charge in [0.05, 0.1) is 12.2 Å². The van der Waals surface area contributed by atoms with Gasteiger partial charge in [0.1, 0.15) is 0 Å². The van der Waals surface area contributed by atoms with Crippen LogP contribution in [0.3, 0.4) is 0 Å². The lowest BCUT2D eigenvalue weighted by molar-refractivity contribution is 0.258. The second kappa shape index (κ2) is 4.59. The molecule has 0 bridgehead atoms. The zero-order valence-corrected chi connectivity index (χ0v) is 9.10. The Balaban J connectivity index is 2.10. The van der Waals surface area contributed by atoms with E-state index in [1.54, 1.807) is 13.4 Å². The number of aromatic nitrogens is 2. The molecule has 2 heterocycles. The topological polar surface area (TPSA) is 48.2 Å². The Hall–Kier alpha value is -0.850. The van der Waals surface area contributed by atoms with Gasteiger partial charge in [-0.25, -0.2) is 4.98 Å². The highest BCUT2D eigenvalue weighted by molar-refractivity contribution is 7.99. The number of thioether (sulfide) groups is 1. The van der Waals surface area contributed by atoms with Crippen molar-refractivity contribution in [2.45, 2.75) is 5.16 Å². The molecule has 0 N–H and O–H groups in total. The van der Waals surface area contributed by atoms with E-state index in [1.807, 2.05) is 12.1 Å². The van der Waals surface area contributed by atoms with Gasteiger partial charge in [-0.3, -0.25) is 0 Å². The molecule has 0 aliphatic rings. The quantitative estimate of drug-likeness (QED) is 0.594. The highest BCUT2D eigenvalue weighted by Crippen LogP contribution is 2.25. The Morgan fingerprint density at radius 1 is 1.64 bits per heavy atom. The third-order valence-electron chi connectivity index (χ3n) is 1.45. The summed E-state index contributed by atoms with van der Waals surface area (Å²) in [5.41, 5.74) is 0. The second-order valence-electron chi connectivity index (χ2n) is 2.41. The predicted octanol–water partition coefficient (Wildman–Crippen LogP) is 2.49. The van der Waals surface area contributed by atoms with Crippen molar-refractivity contribution in [3.05, 3.63) is 18.4 Å². The van der Waals surface area contributed by atoms with Crippen LogP contribution >= 0.6 is 23.3 Å². The summed E-state index contributed by atoms with van der Waals surface area (Å²) in [6.07, 6.45) is 1.62. The molecule has 0 amide bonds. The number of hydrogen-bond donors (Lipinski definition) is 0. The summed E-state index contributed by atoms with van der Waals surface area (Å²) in [4.78, 5) is 4.29. The monoisotopic (exact) mass is 228 g/mol. The van der Waals surface area contributed by atoms with Crippen LogP contribution < -0.4 is 0 Å². The van der Waals surface area contributed by atoms with Crippen molar-refractivity contribution < 1.29 is 9.15 Å². The fourth-order valence-electron chi connectivity index (χ4n) is 0.881. The Morgan fingerprint density at radius 2 is 2.57 bits per heavy atom. The molecular formula is C8H8N2O2S2.